The van der Waals surface area contributed by atoms with E-state index in [-0.39, 0.29) is 24.3 Å². The van der Waals surface area contributed by atoms with Gasteiger partial charge in [0.1, 0.15) is 18.2 Å². The Morgan fingerprint density at radius 2 is 1.77 bits per heavy atom. The van der Waals surface area contributed by atoms with Gasteiger partial charge in [-0.15, -0.1) is 0 Å². The van der Waals surface area contributed by atoms with Gasteiger partial charge >= 0.3 is 5.97 Å². The van der Waals surface area contributed by atoms with Crippen molar-refractivity contribution in [3.05, 3.63) is 100 Å². The van der Waals surface area contributed by atoms with Crippen LogP contribution in [0, 0.1) is 5.82 Å². The van der Waals surface area contributed by atoms with Gasteiger partial charge < -0.3 is 9.47 Å². The highest BCUT2D eigenvalue weighted by Gasteiger charge is 2.30. The fourth-order valence-electron chi connectivity index (χ4n) is 3.24. The van der Waals surface area contributed by atoms with Crippen molar-refractivity contribution in [2.24, 2.45) is 4.99 Å². The van der Waals surface area contributed by atoms with Crippen LogP contribution < -0.4 is 4.74 Å². The molecule has 0 radical (unpaired) electrons. The maximum Gasteiger partial charge on any atom is 0.338 e. The molecule has 1 amide bonds. The molecule has 178 valence electrons. The van der Waals surface area contributed by atoms with Crippen molar-refractivity contribution in [2.45, 2.75) is 13.5 Å². The van der Waals surface area contributed by atoms with Gasteiger partial charge in [-0.2, -0.15) is 0 Å². The molecule has 8 heteroatoms. The quantitative estimate of drug-likeness (QED) is 0.309. The van der Waals surface area contributed by atoms with E-state index in [9.17, 15) is 14.0 Å². The van der Waals surface area contributed by atoms with Crippen LogP contribution >= 0.6 is 11.8 Å². The molecule has 4 rings (SSSR count). The van der Waals surface area contributed by atoms with Crippen LogP contribution in [-0.4, -0.2) is 35.6 Å². The Hall–Kier alpha value is -3.91. The Morgan fingerprint density at radius 1 is 1.06 bits per heavy atom. The van der Waals surface area contributed by atoms with Crippen molar-refractivity contribution >= 4 is 40.6 Å². The maximum absolute atomic E-state index is 13.7. The lowest BCUT2D eigenvalue weighted by Gasteiger charge is -2.07. The van der Waals surface area contributed by atoms with E-state index in [0.29, 0.717) is 39.2 Å². The standard InChI is InChI=1S/C27H23FN2O4S/c1-3-33-26(32)19-10-12-21(13-11-19)29-27-30(2)25(31)24(35-27)16-18-8-14-22(15-9-18)34-17-20-6-4-5-7-23(20)28/h4-16H,3,17H2,1-2H3. The number of esters is 1. The minimum atomic E-state index is -0.386. The number of likely N-dealkylation sites (N-methyl/N-ethyl adjacent to an activating group) is 1. The van der Waals surface area contributed by atoms with Gasteiger partial charge in [0.2, 0.25) is 0 Å². The van der Waals surface area contributed by atoms with E-state index in [1.54, 1.807) is 74.6 Å². The number of ether oxygens (including phenoxy) is 2. The third kappa shape index (κ3) is 5.96. The van der Waals surface area contributed by atoms with Gasteiger partial charge in [0.05, 0.1) is 22.8 Å². The van der Waals surface area contributed by atoms with Gasteiger partial charge in [-0.3, -0.25) is 9.69 Å². The monoisotopic (exact) mass is 490 g/mol. The molecule has 0 unspecified atom stereocenters. The molecule has 0 N–H and O–H groups in total. The second-order valence-electron chi connectivity index (χ2n) is 7.59. The number of halogens is 1. The first-order valence-corrected chi connectivity index (χ1v) is 11.8. The van der Waals surface area contributed by atoms with E-state index < -0.39 is 0 Å². The summed E-state index contributed by atoms with van der Waals surface area (Å²) in [7, 11) is 1.67. The van der Waals surface area contributed by atoms with E-state index in [4.69, 9.17) is 9.47 Å². The summed E-state index contributed by atoms with van der Waals surface area (Å²) in [5, 5.41) is 0.537. The summed E-state index contributed by atoms with van der Waals surface area (Å²) in [6, 6.07) is 20.4. The van der Waals surface area contributed by atoms with E-state index in [0.717, 1.165) is 5.56 Å². The van der Waals surface area contributed by atoms with E-state index in [2.05, 4.69) is 4.99 Å². The molecule has 0 aromatic heterocycles. The first kappa shape index (κ1) is 24.2. The van der Waals surface area contributed by atoms with Crippen LogP contribution in [-0.2, 0) is 16.1 Å². The number of hydrogen-bond donors (Lipinski definition) is 0. The molecule has 1 saturated heterocycles. The Balaban J connectivity index is 1.42. The lowest BCUT2D eigenvalue weighted by Crippen LogP contribution is -2.23. The normalized spacial score (nSPS) is 15.6. The third-order valence-electron chi connectivity index (χ3n) is 5.14. The average Bonchev–Trinajstić information content (AvgIpc) is 3.12. The fourth-order valence-corrected chi connectivity index (χ4v) is 4.22. The SMILES string of the molecule is CCOC(=O)c1ccc(N=C2SC(=Cc3ccc(OCc4ccccc4F)cc3)C(=O)N2C)cc1. The Labute approximate surface area is 207 Å². The number of carbonyl (C=O) groups excluding carboxylic acids is 2. The Bertz CT molecular complexity index is 1290. The van der Waals surface area contributed by atoms with Crippen molar-refractivity contribution in [1.82, 2.24) is 4.90 Å². The van der Waals surface area contributed by atoms with Crippen LogP contribution in [0.3, 0.4) is 0 Å². The summed E-state index contributed by atoms with van der Waals surface area (Å²) in [4.78, 5) is 31.1. The zero-order valence-electron chi connectivity index (χ0n) is 19.2. The number of nitrogens with zero attached hydrogens (tertiary/aromatic N) is 2. The molecule has 0 saturated carbocycles. The highest BCUT2D eigenvalue weighted by Crippen LogP contribution is 2.33. The first-order chi connectivity index (χ1) is 16.9. The zero-order chi connectivity index (χ0) is 24.8. The minimum absolute atomic E-state index is 0.132. The predicted octanol–water partition coefficient (Wildman–Crippen LogP) is 5.82. The van der Waals surface area contributed by atoms with Crippen molar-refractivity contribution in [1.29, 1.82) is 0 Å². The summed E-state index contributed by atoms with van der Waals surface area (Å²) in [5.74, 6) is -0.242. The minimum Gasteiger partial charge on any atom is -0.489 e. The van der Waals surface area contributed by atoms with Gasteiger partial charge in [-0.1, -0.05) is 30.3 Å². The van der Waals surface area contributed by atoms with Gasteiger partial charge in [-0.25, -0.2) is 14.2 Å². The molecule has 3 aromatic carbocycles. The molecule has 3 aromatic rings. The summed E-state index contributed by atoms with van der Waals surface area (Å²) >= 11 is 1.27. The van der Waals surface area contributed by atoms with Crippen molar-refractivity contribution < 1.29 is 23.5 Å². The average molecular weight is 491 g/mol. The lowest BCUT2D eigenvalue weighted by molar-refractivity contribution is -0.121. The highest BCUT2D eigenvalue weighted by molar-refractivity contribution is 8.18. The molecule has 35 heavy (non-hydrogen) atoms. The number of amidine groups is 1. The highest BCUT2D eigenvalue weighted by atomic mass is 32.2. The molecule has 1 heterocycles. The smallest absolute Gasteiger partial charge is 0.338 e. The first-order valence-electron chi connectivity index (χ1n) is 10.9. The molecule has 1 aliphatic rings. The molecular weight excluding hydrogens is 467 g/mol. The number of carbonyl (C=O) groups is 2. The van der Waals surface area contributed by atoms with Crippen molar-refractivity contribution in [3.63, 3.8) is 0 Å². The summed E-state index contributed by atoms with van der Waals surface area (Å²) < 4.78 is 24.4. The molecule has 1 aliphatic heterocycles. The Kier molecular flexibility index (Phi) is 7.62. The van der Waals surface area contributed by atoms with Crippen LogP contribution in [0.1, 0.15) is 28.4 Å². The molecule has 0 bridgehead atoms. The van der Waals surface area contributed by atoms with Gasteiger partial charge in [0.15, 0.2) is 5.17 Å². The van der Waals surface area contributed by atoms with Crippen LogP contribution in [0.4, 0.5) is 10.1 Å². The number of amides is 1. The van der Waals surface area contributed by atoms with Crippen molar-refractivity contribution in [2.75, 3.05) is 13.7 Å². The van der Waals surface area contributed by atoms with E-state index >= 15 is 0 Å². The van der Waals surface area contributed by atoms with E-state index in [1.807, 2.05) is 12.1 Å². The number of rotatable bonds is 7. The molecular formula is C27H23FN2O4S. The number of benzene rings is 3. The number of aliphatic imine (C=N–C) groups is 1. The summed E-state index contributed by atoms with van der Waals surface area (Å²) in [6.07, 6.45) is 1.79. The largest absolute Gasteiger partial charge is 0.489 e. The van der Waals surface area contributed by atoms with Crippen LogP contribution in [0.2, 0.25) is 0 Å². The number of thioether (sulfide) groups is 1. The topological polar surface area (TPSA) is 68.2 Å². The summed E-state index contributed by atoms with van der Waals surface area (Å²) in [5.41, 5.74) is 2.38. The van der Waals surface area contributed by atoms with Crippen LogP contribution in [0.15, 0.2) is 82.7 Å². The third-order valence-corrected chi connectivity index (χ3v) is 6.20. The van der Waals surface area contributed by atoms with E-state index in [1.165, 1.54) is 22.7 Å². The molecule has 1 fully saturated rings. The van der Waals surface area contributed by atoms with Crippen LogP contribution in [0.25, 0.3) is 6.08 Å². The number of hydrogen-bond acceptors (Lipinski definition) is 6. The van der Waals surface area contributed by atoms with Crippen LogP contribution in [0.5, 0.6) is 5.75 Å². The molecule has 0 atom stereocenters. The lowest BCUT2D eigenvalue weighted by atomic mass is 10.2. The molecule has 0 aliphatic carbocycles. The van der Waals surface area contributed by atoms with Gasteiger partial charge in [0.25, 0.3) is 5.91 Å². The molecule has 0 spiro atoms. The summed E-state index contributed by atoms with van der Waals surface area (Å²) in [6.45, 7) is 2.20. The van der Waals surface area contributed by atoms with Crippen molar-refractivity contribution in [3.8, 4) is 5.75 Å². The van der Waals surface area contributed by atoms with Gasteiger partial charge in [0, 0.05) is 12.6 Å². The second-order valence-corrected chi connectivity index (χ2v) is 8.59. The van der Waals surface area contributed by atoms with Gasteiger partial charge in [-0.05, 0) is 72.8 Å². The maximum atomic E-state index is 13.7. The predicted molar refractivity (Wildman–Crippen MR) is 135 cm³/mol. The fraction of sp³-hybridized carbons (Fsp3) is 0.148. The molecule has 6 nitrogen and oxygen atoms in total. The Morgan fingerprint density at radius 3 is 2.46 bits per heavy atom. The second kappa shape index (κ2) is 11.0. The zero-order valence-corrected chi connectivity index (χ0v) is 20.0.